The van der Waals surface area contributed by atoms with Crippen molar-refractivity contribution in [2.45, 2.75) is 31.3 Å². The molecule has 0 amide bonds. The van der Waals surface area contributed by atoms with Crippen LogP contribution in [0.2, 0.25) is 5.28 Å². The van der Waals surface area contributed by atoms with E-state index in [0.717, 1.165) is 11.8 Å². The molecule has 1 aliphatic rings. The Morgan fingerprint density at radius 2 is 2.05 bits per heavy atom. The maximum Gasteiger partial charge on any atom is 0.433 e. The van der Waals surface area contributed by atoms with Gasteiger partial charge in [-0.25, -0.2) is 9.97 Å². The molecule has 1 aromatic rings. The second-order valence-corrected chi connectivity index (χ2v) is 6.21. The first-order valence-electron chi connectivity index (χ1n) is 5.79. The first kappa shape index (κ1) is 14.7. The fourth-order valence-electron chi connectivity index (χ4n) is 1.95. The molecule has 1 saturated heterocycles. The molecule has 2 unspecified atom stereocenters. The number of hydrogen-bond acceptors (Lipinski definition) is 4. The van der Waals surface area contributed by atoms with Gasteiger partial charge in [-0.05, 0) is 18.5 Å². The van der Waals surface area contributed by atoms with E-state index >= 15 is 0 Å². The van der Waals surface area contributed by atoms with Gasteiger partial charge in [0.05, 0.1) is 0 Å². The summed E-state index contributed by atoms with van der Waals surface area (Å²) >= 11 is 7.40. The molecule has 2 heterocycles. The summed E-state index contributed by atoms with van der Waals surface area (Å²) in [6.07, 6.45) is -4.51. The van der Waals surface area contributed by atoms with Crippen molar-refractivity contribution in [3.8, 4) is 0 Å². The van der Waals surface area contributed by atoms with Crippen molar-refractivity contribution >= 4 is 29.2 Å². The second-order valence-electron chi connectivity index (χ2n) is 4.39. The number of aromatic nitrogens is 2. The number of halogens is 4. The number of thioether (sulfide) groups is 1. The van der Waals surface area contributed by atoms with Gasteiger partial charge in [-0.2, -0.15) is 24.9 Å². The predicted octanol–water partition coefficient (Wildman–Crippen LogP) is 3.48. The van der Waals surface area contributed by atoms with Gasteiger partial charge in [0.2, 0.25) is 5.28 Å². The summed E-state index contributed by atoms with van der Waals surface area (Å²) in [5.41, 5.74) is -0.999. The molecule has 1 aliphatic heterocycles. The number of alkyl halides is 3. The molecule has 0 aromatic carbocycles. The topological polar surface area (TPSA) is 29.0 Å². The van der Waals surface area contributed by atoms with Gasteiger partial charge in [-0.3, -0.25) is 0 Å². The highest BCUT2D eigenvalue weighted by molar-refractivity contribution is 8.00. The lowest BCUT2D eigenvalue weighted by Crippen LogP contribution is -2.45. The SMILES string of the molecule is CC1SCCN(c2cc(C(F)(F)F)nc(Cl)n2)C1C. The minimum atomic E-state index is -4.51. The predicted molar refractivity (Wildman–Crippen MR) is 70.8 cm³/mol. The fourth-order valence-corrected chi connectivity index (χ4v) is 3.23. The van der Waals surface area contributed by atoms with Gasteiger partial charge in [0, 0.05) is 29.7 Å². The molecule has 19 heavy (non-hydrogen) atoms. The Labute approximate surface area is 118 Å². The van der Waals surface area contributed by atoms with Crippen LogP contribution in [0.5, 0.6) is 0 Å². The number of nitrogens with zero attached hydrogens (tertiary/aromatic N) is 3. The number of anilines is 1. The number of rotatable bonds is 1. The van der Waals surface area contributed by atoms with Gasteiger partial charge in [-0.1, -0.05) is 6.92 Å². The first-order valence-corrected chi connectivity index (χ1v) is 7.21. The van der Waals surface area contributed by atoms with E-state index in [4.69, 9.17) is 11.6 Å². The molecule has 0 aliphatic carbocycles. The van der Waals surface area contributed by atoms with E-state index in [1.54, 1.807) is 11.8 Å². The Balaban J connectivity index is 2.36. The molecule has 1 fully saturated rings. The minimum absolute atomic E-state index is 0.103. The molecule has 0 radical (unpaired) electrons. The zero-order chi connectivity index (χ0) is 14.2. The monoisotopic (exact) mass is 311 g/mol. The van der Waals surface area contributed by atoms with Crippen LogP contribution in [-0.2, 0) is 6.18 Å². The molecule has 0 saturated carbocycles. The maximum atomic E-state index is 12.7. The first-order chi connectivity index (χ1) is 8.79. The van der Waals surface area contributed by atoms with Gasteiger partial charge >= 0.3 is 6.18 Å². The summed E-state index contributed by atoms with van der Waals surface area (Å²) < 4.78 is 38.2. The second kappa shape index (κ2) is 5.36. The molecule has 0 spiro atoms. The van der Waals surface area contributed by atoms with E-state index in [9.17, 15) is 13.2 Å². The van der Waals surface area contributed by atoms with Crippen LogP contribution in [0.1, 0.15) is 19.5 Å². The Morgan fingerprint density at radius 3 is 2.68 bits per heavy atom. The van der Waals surface area contributed by atoms with Gasteiger partial charge in [0.1, 0.15) is 5.82 Å². The van der Waals surface area contributed by atoms with Crippen LogP contribution < -0.4 is 4.90 Å². The maximum absolute atomic E-state index is 12.7. The summed E-state index contributed by atoms with van der Waals surface area (Å²) in [5, 5.41) is -0.0419. The van der Waals surface area contributed by atoms with E-state index in [2.05, 4.69) is 16.9 Å². The normalized spacial score (nSPS) is 24.6. The van der Waals surface area contributed by atoms with Crippen LogP contribution in [0, 0.1) is 0 Å². The average Bonchev–Trinajstić information content (AvgIpc) is 2.31. The van der Waals surface area contributed by atoms with Crippen molar-refractivity contribution < 1.29 is 13.2 Å². The van der Waals surface area contributed by atoms with Crippen molar-refractivity contribution in [1.29, 1.82) is 0 Å². The Morgan fingerprint density at radius 1 is 1.37 bits per heavy atom. The van der Waals surface area contributed by atoms with Crippen molar-refractivity contribution in [3.63, 3.8) is 0 Å². The van der Waals surface area contributed by atoms with Crippen molar-refractivity contribution in [2.75, 3.05) is 17.2 Å². The Kier molecular flexibility index (Phi) is 4.15. The third kappa shape index (κ3) is 3.25. The molecular formula is C11H13ClF3N3S. The molecule has 2 atom stereocenters. The van der Waals surface area contributed by atoms with Crippen molar-refractivity contribution in [1.82, 2.24) is 9.97 Å². The lowest BCUT2D eigenvalue weighted by atomic mass is 10.2. The molecule has 106 valence electrons. The van der Waals surface area contributed by atoms with Gasteiger partial charge in [-0.15, -0.1) is 0 Å². The molecule has 0 N–H and O–H groups in total. The van der Waals surface area contributed by atoms with E-state index in [1.165, 1.54) is 0 Å². The van der Waals surface area contributed by atoms with E-state index in [-0.39, 0.29) is 17.1 Å². The summed E-state index contributed by atoms with van der Waals surface area (Å²) in [7, 11) is 0. The summed E-state index contributed by atoms with van der Waals surface area (Å²) in [4.78, 5) is 9.02. The van der Waals surface area contributed by atoms with E-state index in [0.29, 0.717) is 11.8 Å². The highest BCUT2D eigenvalue weighted by Gasteiger charge is 2.35. The molecule has 0 bridgehead atoms. The highest BCUT2D eigenvalue weighted by Crippen LogP contribution is 2.33. The zero-order valence-electron chi connectivity index (χ0n) is 10.4. The molecule has 3 nitrogen and oxygen atoms in total. The molecular weight excluding hydrogens is 299 g/mol. The van der Waals surface area contributed by atoms with Crippen LogP contribution in [0.25, 0.3) is 0 Å². The third-order valence-electron chi connectivity index (χ3n) is 3.15. The third-order valence-corrected chi connectivity index (χ3v) is 4.66. The van der Waals surface area contributed by atoms with Crippen molar-refractivity contribution in [3.05, 3.63) is 17.0 Å². The lowest BCUT2D eigenvalue weighted by Gasteiger charge is -2.38. The standard InChI is InChI=1S/C11H13ClF3N3S/c1-6-7(2)19-4-3-18(6)9-5-8(11(13,14)15)16-10(12)17-9/h5-7H,3-4H2,1-2H3. The van der Waals surface area contributed by atoms with Gasteiger partial charge in [0.25, 0.3) is 0 Å². The molecule has 1 aromatic heterocycles. The van der Waals surface area contributed by atoms with Crippen LogP contribution in [0.3, 0.4) is 0 Å². The molecule has 2 rings (SSSR count). The Hall–Kier alpha value is -0.690. The van der Waals surface area contributed by atoms with Crippen molar-refractivity contribution in [2.24, 2.45) is 0 Å². The minimum Gasteiger partial charge on any atom is -0.352 e. The highest BCUT2D eigenvalue weighted by atomic mass is 35.5. The van der Waals surface area contributed by atoms with Crippen LogP contribution in [0.15, 0.2) is 6.07 Å². The average molecular weight is 312 g/mol. The summed E-state index contributed by atoms with van der Waals surface area (Å²) in [6, 6.07) is 1.07. The lowest BCUT2D eigenvalue weighted by molar-refractivity contribution is -0.141. The number of hydrogen-bond donors (Lipinski definition) is 0. The van der Waals surface area contributed by atoms with E-state index in [1.807, 2.05) is 11.8 Å². The van der Waals surface area contributed by atoms with Gasteiger partial charge in [0.15, 0.2) is 5.69 Å². The summed E-state index contributed by atoms with van der Waals surface area (Å²) in [6.45, 7) is 4.68. The van der Waals surface area contributed by atoms with Crippen LogP contribution >= 0.6 is 23.4 Å². The fraction of sp³-hybridized carbons (Fsp3) is 0.636. The quantitative estimate of drug-likeness (QED) is 0.743. The Bertz CT molecular complexity index is 469. The largest absolute Gasteiger partial charge is 0.433 e. The van der Waals surface area contributed by atoms with E-state index < -0.39 is 11.9 Å². The molecule has 8 heteroatoms. The smallest absolute Gasteiger partial charge is 0.352 e. The summed E-state index contributed by atoms with van der Waals surface area (Å²) in [5.74, 6) is 1.10. The van der Waals surface area contributed by atoms with Crippen LogP contribution in [0.4, 0.5) is 19.0 Å². The zero-order valence-corrected chi connectivity index (χ0v) is 12.0. The van der Waals surface area contributed by atoms with Crippen LogP contribution in [-0.4, -0.2) is 33.6 Å². The van der Waals surface area contributed by atoms with Gasteiger partial charge < -0.3 is 4.90 Å².